The Morgan fingerprint density at radius 3 is 2.73 bits per heavy atom. The number of benzene rings is 1. The van der Waals surface area contributed by atoms with Crippen LogP contribution in [0.5, 0.6) is 0 Å². The molecule has 0 aromatic heterocycles. The van der Waals surface area contributed by atoms with Crippen LogP contribution in [-0.2, 0) is 16.1 Å². The van der Waals surface area contributed by atoms with Crippen molar-refractivity contribution >= 4 is 0 Å². The van der Waals surface area contributed by atoms with Crippen LogP contribution in [0, 0.1) is 17.8 Å². The maximum absolute atomic E-state index is 5.97. The second-order valence-corrected chi connectivity index (χ2v) is 6.33. The van der Waals surface area contributed by atoms with Crippen LogP contribution in [0.1, 0.15) is 31.7 Å². The monoisotopic (exact) mass is 300 g/mol. The summed E-state index contributed by atoms with van der Waals surface area (Å²) in [6.45, 7) is 7.76. The topological polar surface area (TPSA) is 18.5 Å². The van der Waals surface area contributed by atoms with Crippen molar-refractivity contribution in [3.63, 3.8) is 0 Å². The molecule has 0 aliphatic heterocycles. The van der Waals surface area contributed by atoms with Crippen LogP contribution in [0.3, 0.4) is 0 Å². The lowest BCUT2D eigenvalue weighted by Crippen LogP contribution is -2.28. The van der Waals surface area contributed by atoms with Crippen molar-refractivity contribution in [3.8, 4) is 0 Å². The van der Waals surface area contributed by atoms with E-state index in [0.29, 0.717) is 24.4 Å². The van der Waals surface area contributed by atoms with Gasteiger partial charge >= 0.3 is 0 Å². The summed E-state index contributed by atoms with van der Waals surface area (Å²) in [7, 11) is 1.73. The van der Waals surface area contributed by atoms with E-state index in [4.69, 9.17) is 9.47 Å². The average molecular weight is 300 g/mol. The van der Waals surface area contributed by atoms with E-state index in [1.54, 1.807) is 7.11 Å². The van der Waals surface area contributed by atoms with E-state index in [1.165, 1.54) is 11.1 Å². The molecular formula is C20H28O2. The van der Waals surface area contributed by atoms with Crippen molar-refractivity contribution in [1.82, 2.24) is 0 Å². The first-order valence-corrected chi connectivity index (χ1v) is 8.18. The predicted molar refractivity (Wildman–Crippen MR) is 91.4 cm³/mol. The third kappa shape index (κ3) is 4.74. The van der Waals surface area contributed by atoms with Crippen molar-refractivity contribution in [2.75, 3.05) is 13.7 Å². The lowest BCUT2D eigenvalue weighted by atomic mass is 9.71. The first-order chi connectivity index (χ1) is 10.7. The Kier molecular flexibility index (Phi) is 6.73. The predicted octanol–water partition coefficient (Wildman–Crippen LogP) is 4.97. The van der Waals surface area contributed by atoms with Crippen molar-refractivity contribution < 1.29 is 9.47 Å². The molecule has 1 fully saturated rings. The van der Waals surface area contributed by atoms with Gasteiger partial charge in [-0.25, -0.2) is 0 Å². The maximum atomic E-state index is 5.97. The van der Waals surface area contributed by atoms with Gasteiger partial charge in [0.2, 0.25) is 0 Å². The largest absolute Gasteiger partial charge is 0.504 e. The number of rotatable bonds is 7. The molecule has 0 saturated heterocycles. The molecular weight excluding hydrogens is 272 g/mol. The Bertz CT molecular complexity index is 478. The van der Waals surface area contributed by atoms with E-state index in [0.717, 1.165) is 25.9 Å². The number of hydrogen-bond donors (Lipinski definition) is 0. The molecule has 120 valence electrons. The SMILES string of the molecule is C=CC[C@H]1C[C@H](COCc2ccccc2)[C@@H](C)CC1=COC. The van der Waals surface area contributed by atoms with Gasteiger partial charge in [0.1, 0.15) is 0 Å². The Morgan fingerprint density at radius 1 is 1.27 bits per heavy atom. The molecule has 0 radical (unpaired) electrons. The molecule has 0 unspecified atom stereocenters. The van der Waals surface area contributed by atoms with Crippen LogP contribution in [-0.4, -0.2) is 13.7 Å². The molecule has 2 nitrogen and oxygen atoms in total. The van der Waals surface area contributed by atoms with Gasteiger partial charge in [0.05, 0.1) is 26.6 Å². The average Bonchev–Trinajstić information content (AvgIpc) is 2.53. The molecule has 22 heavy (non-hydrogen) atoms. The number of ether oxygens (including phenoxy) is 2. The Balaban J connectivity index is 1.88. The maximum Gasteiger partial charge on any atom is 0.0819 e. The van der Waals surface area contributed by atoms with Crippen LogP contribution in [0.4, 0.5) is 0 Å². The number of allylic oxidation sites excluding steroid dienone is 2. The van der Waals surface area contributed by atoms with E-state index in [9.17, 15) is 0 Å². The third-order valence-electron chi connectivity index (χ3n) is 4.64. The molecule has 0 N–H and O–H groups in total. The van der Waals surface area contributed by atoms with Gasteiger partial charge in [-0.3, -0.25) is 0 Å². The molecule has 0 bridgehead atoms. The van der Waals surface area contributed by atoms with Gasteiger partial charge in [-0.05, 0) is 48.2 Å². The van der Waals surface area contributed by atoms with E-state index < -0.39 is 0 Å². The molecule has 0 heterocycles. The van der Waals surface area contributed by atoms with Gasteiger partial charge < -0.3 is 9.47 Å². The summed E-state index contributed by atoms with van der Waals surface area (Å²) in [6, 6.07) is 10.4. The highest BCUT2D eigenvalue weighted by Crippen LogP contribution is 2.39. The van der Waals surface area contributed by atoms with E-state index in [1.807, 2.05) is 18.4 Å². The highest BCUT2D eigenvalue weighted by atomic mass is 16.5. The fraction of sp³-hybridized carbons (Fsp3) is 0.500. The molecule has 2 heteroatoms. The summed E-state index contributed by atoms with van der Waals surface area (Å²) in [4.78, 5) is 0. The Morgan fingerprint density at radius 2 is 2.05 bits per heavy atom. The quantitative estimate of drug-likeness (QED) is 0.523. The van der Waals surface area contributed by atoms with Crippen molar-refractivity contribution in [3.05, 3.63) is 60.4 Å². The van der Waals surface area contributed by atoms with Crippen molar-refractivity contribution in [2.45, 2.75) is 32.8 Å². The zero-order valence-corrected chi connectivity index (χ0v) is 13.8. The normalized spacial score (nSPS) is 26.8. The lowest BCUT2D eigenvalue weighted by molar-refractivity contribution is 0.0510. The summed E-state index contributed by atoms with van der Waals surface area (Å²) in [5.41, 5.74) is 2.67. The molecule has 1 aliphatic carbocycles. The van der Waals surface area contributed by atoms with Gasteiger partial charge in [-0.2, -0.15) is 0 Å². The van der Waals surface area contributed by atoms with E-state index >= 15 is 0 Å². The molecule has 1 aromatic carbocycles. The molecule has 0 spiro atoms. The van der Waals surface area contributed by atoms with Crippen LogP contribution < -0.4 is 0 Å². The summed E-state index contributed by atoms with van der Waals surface area (Å²) in [6.07, 6.45) is 7.25. The second kappa shape index (κ2) is 8.79. The van der Waals surface area contributed by atoms with Gasteiger partial charge in [-0.15, -0.1) is 6.58 Å². The fourth-order valence-corrected chi connectivity index (χ4v) is 3.33. The number of hydrogen-bond acceptors (Lipinski definition) is 2. The van der Waals surface area contributed by atoms with E-state index in [-0.39, 0.29) is 0 Å². The zero-order valence-electron chi connectivity index (χ0n) is 13.8. The van der Waals surface area contributed by atoms with Crippen LogP contribution in [0.2, 0.25) is 0 Å². The summed E-state index contributed by atoms with van der Waals surface area (Å²) < 4.78 is 11.2. The number of methoxy groups -OCH3 is 1. The van der Waals surface area contributed by atoms with Gasteiger partial charge in [0.15, 0.2) is 0 Å². The van der Waals surface area contributed by atoms with Gasteiger partial charge in [0.25, 0.3) is 0 Å². The molecule has 2 rings (SSSR count). The molecule has 1 aromatic rings. The van der Waals surface area contributed by atoms with Crippen LogP contribution >= 0.6 is 0 Å². The molecule has 1 aliphatic rings. The highest BCUT2D eigenvalue weighted by molar-refractivity contribution is 5.13. The molecule has 0 amide bonds. The fourth-order valence-electron chi connectivity index (χ4n) is 3.33. The van der Waals surface area contributed by atoms with Crippen molar-refractivity contribution in [2.24, 2.45) is 17.8 Å². The minimum atomic E-state index is 0.555. The van der Waals surface area contributed by atoms with Gasteiger partial charge in [-0.1, -0.05) is 43.3 Å². The third-order valence-corrected chi connectivity index (χ3v) is 4.64. The molecule has 3 atom stereocenters. The minimum Gasteiger partial charge on any atom is -0.504 e. The standard InChI is InChI=1S/C20H28O2/c1-4-8-18-12-19(16(2)11-20(18)14-21-3)15-22-13-17-9-6-5-7-10-17/h4-7,9-10,14,16,18-19H,1,8,11-13,15H2,2-3H3/t16-,18-,19+/m0/s1. The minimum absolute atomic E-state index is 0.555. The smallest absolute Gasteiger partial charge is 0.0819 e. The Hall–Kier alpha value is -1.54. The first kappa shape index (κ1) is 16.8. The summed E-state index contributed by atoms with van der Waals surface area (Å²) in [5, 5.41) is 0. The second-order valence-electron chi connectivity index (χ2n) is 6.33. The lowest BCUT2D eigenvalue weighted by Gasteiger charge is -2.35. The zero-order chi connectivity index (χ0) is 15.8. The van der Waals surface area contributed by atoms with Crippen molar-refractivity contribution in [1.29, 1.82) is 0 Å². The summed E-state index contributed by atoms with van der Waals surface area (Å²) >= 11 is 0. The molecule has 1 saturated carbocycles. The Labute approximate surface area is 134 Å². The van der Waals surface area contributed by atoms with Gasteiger partial charge in [0, 0.05) is 0 Å². The van der Waals surface area contributed by atoms with Crippen LogP contribution in [0.25, 0.3) is 0 Å². The first-order valence-electron chi connectivity index (χ1n) is 8.18. The highest BCUT2D eigenvalue weighted by Gasteiger charge is 2.30. The summed E-state index contributed by atoms with van der Waals surface area (Å²) in [5.74, 6) is 1.81. The van der Waals surface area contributed by atoms with Crippen LogP contribution in [0.15, 0.2) is 54.8 Å². The van der Waals surface area contributed by atoms with E-state index in [2.05, 4.69) is 37.8 Å².